The van der Waals surface area contributed by atoms with Crippen LogP contribution >= 0.6 is 11.3 Å². The summed E-state index contributed by atoms with van der Waals surface area (Å²) in [6.07, 6.45) is 0. The van der Waals surface area contributed by atoms with E-state index in [0.29, 0.717) is 0 Å². The summed E-state index contributed by atoms with van der Waals surface area (Å²) < 4.78 is 0. The van der Waals surface area contributed by atoms with Crippen LogP contribution in [0.4, 0.5) is 0 Å². The van der Waals surface area contributed by atoms with Gasteiger partial charge < -0.3 is 5.11 Å². The normalized spacial score (nSPS) is 12.4. The van der Waals surface area contributed by atoms with Gasteiger partial charge in [-0.3, -0.25) is 4.79 Å². The lowest BCUT2D eigenvalue weighted by Gasteiger charge is -2.07. The van der Waals surface area contributed by atoms with Gasteiger partial charge in [0, 0.05) is 4.88 Å². The van der Waals surface area contributed by atoms with Crippen LogP contribution in [0.15, 0.2) is 35.7 Å². The van der Waals surface area contributed by atoms with Gasteiger partial charge in [0.15, 0.2) is 0 Å². The molecule has 1 aromatic carbocycles. The second-order valence-corrected chi connectivity index (χ2v) is 5.03. The van der Waals surface area contributed by atoms with Crippen LogP contribution in [-0.4, -0.2) is 11.1 Å². The third-order valence-electron chi connectivity index (χ3n) is 2.91. The number of carbonyl (C=O) groups is 1. The molecular formula is C14H14O2S. The molecule has 2 nitrogen and oxygen atoms in total. The van der Waals surface area contributed by atoms with Crippen molar-refractivity contribution in [3.63, 3.8) is 0 Å². The molecule has 1 N–H and O–H groups in total. The van der Waals surface area contributed by atoms with Crippen LogP contribution in [0.3, 0.4) is 0 Å². The molecule has 0 saturated heterocycles. The molecule has 0 aliphatic rings. The number of carboxylic acid groups (broad SMARTS) is 1. The Morgan fingerprint density at radius 3 is 2.41 bits per heavy atom. The highest BCUT2D eigenvalue weighted by atomic mass is 32.1. The van der Waals surface area contributed by atoms with E-state index in [1.165, 1.54) is 10.4 Å². The number of aryl methyl sites for hydroxylation is 1. The first-order chi connectivity index (χ1) is 8.09. The number of aliphatic carboxylic acids is 1. The minimum Gasteiger partial charge on any atom is -0.481 e. The molecule has 0 amide bonds. The first-order valence-corrected chi connectivity index (χ1v) is 6.35. The van der Waals surface area contributed by atoms with Gasteiger partial charge in [-0.05, 0) is 42.0 Å². The Bertz CT molecular complexity index is 525. The number of benzene rings is 1. The molecule has 0 radical (unpaired) electrons. The molecule has 0 fully saturated rings. The number of hydrogen-bond donors (Lipinski definition) is 1. The Hall–Kier alpha value is -1.61. The van der Waals surface area contributed by atoms with E-state index in [9.17, 15) is 4.79 Å². The van der Waals surface area contributed by atoms with E-state index < -0.39 is 11.9 Å². The first kappa shape index (κ1) is 11.9. The van der Waals surface area contributed by atoms with Crippen molar-refractivity contribution >= 4 is 17.3 Å². The van der Waals surface area contributed by atoms with E-state index in [-0.39, 0.29) is 0 Å². The van der Waals surface area contributed by atoms with Crippen LogP contribution < -0.4 is 0 Å². The van der Waals surface area contributed by atoms with E-state index >= 15 is 0 Å². The monoisotopic (exact) mass is 248 g/mol. The maximum atomic E-state index is 10.9. The first-order valence-electron chi connectivity index (χ1n) is 5.47. The minimum absolute atomic E-state index is 0.450. The zero-order valence-corrected chi connectivity index (χ0v) is 10.6. The second-order valence-electron chi connectivity index (χ2n) is 4.11. The third kappa shape index (κ3) is 2.39. The van der Waals surface area contributed by atoms with Crippen molar-refractivity contribution in [3.8, 4) is 10.4 Å². The predicted molar refractivity (Wildman–Crippen MR) is 70.5 cm³/mol. The molecule has 2 aromatic rings. The SMILES string of the molecule is Cc1ccsc1-c1ccc(C([14CH3])C(=O)O)cc1. The summed E-state index contributed by atoms with van der Waals surface area (Å²) in [6.45, 7) is 3.79. The molecule has 0 saturated carbocycles. The molecule has 88 valence electrons. The third-order valence-corrected chi connectivity index (χ3v) is 3.97. The van der Waals surface area contributed by atoms with Crippen molar-refractivity contribution in [1.82, 2.24) is 0 Å². The molecule has 0 aliphatic heterocycles. The van der Waals surface area contributed by atoms with Gasteiger partial charge in [0.05, 0.1) is 5.92 Å². The largest absolute Gasteiger partial charge is 0.481 e. The van der Waals surface area contributed by atoms with Crippen molar-refractivity contribution in [3.05, 3.63) is 46.8 Å². The van der Waals surface area contributed by atoms with Crippen LogP contribution in [0.2, 0.25) is 0 Å². The highest BCUT2D eigenvalue weighted by molar-refractivity contribution is 7.13. The van der Waals surface area contributed by atoms with Crippen LogP contribution in [0, 0.1) is 6.92 Å². The molecule has 1 unspecified atom stereocenters. The predicted octanol–water partition coefficient (Wildman–Crippen LogP) is 3.91. The molecule has 17 heavy (non-hydrogen) atoms. The molecule has 0 spiro atoms. The zero-order chi connectivity index (χ0) is 12.4. The molecule has 1 atom stereocenters. The van der Waals surface area contributed by atoms with Gasteiger partial charge >= 0.3 is 5.97 Å². The molecule has 1 heterocycles. The van der Waals surface area contributed by atoms with Gasteiger partial charge in [0.25, 0.3) is 0 Å². The smallest absolute Gasteiger partial charge is 0.310 e. The van der Waals surface area contributed by atoms with Crippen molar-refractivity contribution in [2.75, 3.05) is 0 Å². The van der Waals surface area contributed by atoms with Gasteiger partial charge in [0.2, 0.25) is 0 Å². The summed E-state index contributed by atoms with van der Waals surface area (Å²) >= 11 is 1.71. The fourth-order valence-electron chi connectivity index (χ4n) is 1.73. The average molecular weight is 248 g/mol. The average Bonchev–Trinajstić information content (AvgIpc) is 2.74. The van der Waals surface area contributed by atoms with Crippen LogP contribution in [0.1, 0.15) is 24.0 Å². The summed E-state index contributed by atoms with van der Waals surface area (Å²) in [5, 5.41) is 11.0. The summed E-state index contributed by atoms with van der Waals surface area (Å²) in [7, 11) is 0. The highest BCUT2D eigenvalue weighted by Crippen LogP contribution is 2.30. The Kier molecular flexibility index (Phi) is 3.29. The second kappa shape index (κ2) is 4.72. The molecule has 0 bridgehead atoms. The number of rotatable bonds is 3. The summed E-state index contributed by atoms with van der Waals surface area (Å²) in [6, 6.07) is 9.87. The van der Waals surface area contributed by atoms with Crippen LogP contribution in [-0.2, 0) is 4.79 Å². The number of hydrogen-bond acceptors (Lipinski definition) is 2. The van der Waals surface area contributed by atoms with E-state index in [4.69, 9.17) is 5.11 Å². The van der Waals surface area contributed by atoms with E-state index in [2.05, 4.69) is 18.4 Å². The van der Waals surface area contributed by atoms with Crippen LogP contribution in [0.5, 0.6) is 0 Å². The fraction of sp³-hybridized carbons (Fsp3) is 0.214. The van der Waals surface area contributed by atoms with E-state index in [0.717, 1.165) is 11.1 Å². The van der Waals surface area contributed by atoms with Gasteiger partial charge in [-0.1, -0.05) is 24.3 Å². The van der Waals surface area contributed by atoms with Gasteiger partial charge in [-0.25, -0.2) is 0 Å². The Balaban J connectivity index is 2.31. The van der Waals surface area contributed by atoms with Gasteiger partial charge in [0.1, 0.15) is 0 Å². The maximum absolute atomic E-state index is 10.9. The lowest BCUT2D eigenvalue weighted by atomic mass is 10.0. The highest BCUT2D eigenvalue weighted by Gasteiger charge is 2.13. The van der Waals surface area contributed by atoms with Crippen molar-refractivity contribution in [2.24, 2.45) is 0 Å². The Labute approximate surface area is 105 Å². The topological polar surface area (TPSA) is 37.3 Å². The lowest BCUT2D eigenvalue weighted by Crippen LogP contribution is -2.06. The van der Waals surface area contributed by atoms with Gasteiger partial charge in [-0.2, -0.15) is 0 Å². The zero-order valence-electron chi connectivity index (χ0n) is 9.81. The molecule has 3 heteroatoms. The Morgan fingerprint density at radius 1 is 1.29 bits per heavy atom. The minimum atomic E-state index is -0.787. The van der Waals surface area contributed by atoms with E-state index in [1.54, 1.807) is 18.3 Å². The fourth-order valence-corrected chi connectivity index (χ4v) is 2.67. The Morgan fingerprint density at radius 2 is 1.94 bits per heavy atom. The molecule has 0 aliphatic carbocycles. The molecular weight excluding hydrogens is 234 g/mol. The lowest BCUT2D eigenvalue weighted by molar-refractivity contribution is -0.138. The summed E-state index contributed by atoms with van der Waals surface area (Å²) in [5.74, 6) is -1.24. The van der Waals surface area contributed by atoms with Crippen molar-refractivity contribution < 1.29 is 9.90 Å². The number of carboxylic acids is 1. The quantitative estimate of drug-likeness (QED) is 0.894. The summed E-state index contributed by atoms with van der Waals surface area (Å²) in [4.78, 5) is 12.1. The summed E-state index contributed by atoms with van der Waals surface area (Å²) in [5.41, 5.74) is 3.25. The molecule has 2 rings (SSSR count). The molecule has 1 aromatic heterocycles. The van der Waals surface area contributed by atoms with Crippen molar-refractivity contribution in [2.45, 2.75) is 19.8 Å². The van der Waals surface area contributed by atoms with Gasteiger partial charge in [-0.15, -0.1) is 11.3 Å². The van der Waals surface area contributed by atoms with Crippen molar-refractivity contribution in [1.29, 1.82) is 0 Å². The van der Waals surface area contributed by atoms with Crippen LogP contribution in [0.25, 0.3) is 10.4 Å². The van der Waals surface area contributed by atoms with E-state index in [1.807, 2.05) is 24.3 Å². The number of thiophene rings is 1. The maximum Gasteiger partial charge on any atom is 0.310 e. The standard InChI is InChI=1S/C14H14O2S/c1-9-7-8-17-13(9)12-5-3-11(4-6-12)10(2)14(15)16/h3-8,10H,1-2H3,(H,15,16)/i2+2.